The number of aromatic nitrogens is 3. The second-order valence-electron chi connectivity index (χ2n) is 7.36. The maximum Gasteiger partial charge on any atom is 0.405 e. The number of benzene rings is 1. The first-order valence-corrected chi connectivity index (χ1v) is 11.2. The van der Waals surface area contributed by atoms with Crippen LogP contribution < -0.4 is 4.74 Å². The van der Waals surface area contributed by atoms with Crippen molar-refractivity contribution in [2.45, 2.75) is 30.2 Å². The van der Waals surface area contributed by atoms with E-state index in [1.165, 1.54) is 6.20 Å². The van der Waals surface area contributed by atoms with Gasteiger partial charge in [-0.3, -0.25) is 0 Å². The van der Waals surface area contributed by atoms with Crippen LogP contribution in [0.5, 0.6) is 11.6 Å². The van der Waals surface area contributed by atoms with E-state index < -0.39 is 26.2 Å². The second-order valence-corrected chi connectivity index (χ2v) is 9.63. The fourth-order valence-electron chi connectivity index (χ4n) is 3.29. The Morgan fingerprint density at radius 1 is 1.03 bits per heavy atom. The molecule has 0 bridgehead atoms. The minimum atomic E-state index is -4.95. The first kappa shape index (κ1) is 22.6. The second kappa shape index (κ2) is 8.07. The Bertz CT molecular complexity index is 1390. The molecule has 0 fully saturated rings. The van der Waals surface area contributed by atoms with Crippen LogP contribution in [0.15, 0.2) is 65.8 Å². The van der Waals surface area contributed by atoms with E-state index in [1.807, 2.05) is 0 Å². The number of rotatable bonds is 5. The van der Waals surface area contributed by atoms with E-state index in [0.29, 0.717) is 29.5 Å². The summed E-state index contributed by atoms with van der Waals surface area (Å²) in [5.41, 5.74) is 1.32. The lowest BCUT2D eigenvalue weighted by Gasteiger charge is -2.19. The van der Waals surface area contributed by atoms with Gasteiger partial charge in [0.15, 0.2) is 20.9 Å². The molecule has 0 saturated heterocycles. The van der Waals surface area contributed by atoms with Crippen molar-refractivity contribution in [1.29, 1.82) is 0 Å². The van der Waals surface area contributed by atoms with Crippen LogP contribution in [0.4, 0.5) is 13.2 Å². The molecular weight excluding hydrogens is 459 g/mol. The summed E-state index contributed by atoms with van der Waals surface area (Å²) in [5.74, 6) is 0.567. The van der Waals surface area contributed by atoms with E-state index in [-0.39, 0.29) is 17.3 Å². The Balaban J connectivity index is 1.95. The lowest BCUT2D eigenvalue weighted by Crippen LogP contribution is -2.33. The molecule has 0 amide bonds. The van der Waals surface area contributed by atoms with Crippen molar-refractivity contribution in [3.05, 3.63) is 66.6 Å². The molecule has 2 aromatic rings. The highest BCUT2D eigenvalue weighted by molar-refractivity contribution is 7.92. The van der Waals surface area contributed by atoms with Gasteiger partial charge in [-0.1, -0.05) is 18.2 Å². The van der Waals surface area contributed by atoms with Gasteiger partial charge in [-0.2, -0.15) is 17.9 Å². The highest BCUT2D eigenvalue weighted by atomic mass is 32.2. The molecule has 172 valence electrons. The molecule has 7 nitrogen and oxygen atoms in total. The normalized spacial score (nSPS) is 13.2. The minimum absolute atomic E-state index is 0.0163. The third-order valence-corrected chi connectivity index (χ3v) is 7.26. The average Bonchev–Trinajstić information content (AvgIpc) is 3.26. The molecule has 11 heteroatoms. The third kappa shape index (κ3) is 4.11. The summed E-state index contributed by atoms with van der Waals surface area (Å²) < 4.78 is 71.8. The van der Waals surface area contributed by atoms with Crippen LogP contribution in [-0.2, 0) is 9.84 Å². The molecule has 1 aromatic carbocycles. The summed E-state index contributed by atoms with van der Waals surface area (Å²) in [6.07, 6.45) is -2.66. The Kier molecular flexibility index (Phi) is 5.52. The fraction of sp³-hybridized carbons (Fsp3) is 0.182. The van der Waals surface area contributed by atoms with Gasteiger partial charge in [-0.25, -0.2) is 18.4 Å². The topological polar surface area (TPSA) is 94.3 Å². The summed E-state index contributed by atoms with van der Waals surface area (Å²) in [6, 6.07) is 12.8. The van der Waals surface area contributed by atoms with Crippen molar-refractivity contribution in [3.8, 4) is 34.1 Å². The Morgan fingerprint density at radius 2 is 1.73 bits per heavy atom. The van der Waals surface area contributed by atoms with Gasteiger partial charge in [0, 0.05) is 29.1 Å². The molecule has 0 radical (unpaired) electrons. The molecule has 2 aliphatic heterocycles. The number of pyridine rings is 2. The molecule has 1 aromatic heterocycles. The molecule has 0 saturated carbocycles. The van der Waals surface area contributed by atoms with Crippen LogP contribution in [0.25, 0.3) is 22.5 Å². The molecule has 3 heterocycles. The summed E-state index contributed by atoms with van der Waals surface area (Å²) in [7, 11) is -4.79. The molecule has 1 atom stereocenters. The van der Waals surface area contributed by atoms with Crippen LogP contribution >= 0.6 is 0 Å². The summed E-state index contributed by atoms with van der Waals surface area (Å²) in [5, 5.41) is 7.63. The lowest BCUT2D eigenvalue weighted by atomic mass is 10.0. The largest absolute Gasteiger partial charge is 0.438 e. The lowest BCUT2D eigenvalue weighted by molar-refractivity contribution is -0.126. The van der Waals surface area contributed by atoms with Crippen LogP contribution in [-0.4, -0.2) is 39.7 Å². The van der Waals surface area contributed by atoms with Crippen LogP contribution in [0.2, 0.25) is 0 Å². The number of para-hydroxylation sites is 1. The molecule has 33 heavy (non-hydrogen) atoms. The first-order chi connectivity index (χ1) is 15.5. The molecule has 2 aliphatic rings. The average molecular weight is 477 g/mol. The zero-order chi connectivity index (χ0) is 24.0. The smallest absolute Gasteiger partial charge is 0.405 e. The number of alkyl halides is 3. The van der Waals surface area contributed by atoms with Gasteiger partial charge >= 0.3 is 6.18 Å². The number of fused-ring (bicyclic) bond motifs is 1. The SMILES string of the molecule is Cc1cc(-c2cc(S(=O)(=O)C(C)C(F)(F)F)cnc2Oc2ccccc2)c2ccnc-2n1O. The zero-order valence-corrected chi connectivity index (χ0v) is 18.2. The van der Waals surface area contributed by atoms with E-state index in [0.717, 1.165) is 17.0 Å². The number of halogens is 3. The number of ether oxygens (including phenoxy) is 1. The number of hydrogen-bond donors (Lipinski definition) is 1. The zero-order valence-electron chi connectivity index (χ0n) is 17.4. The van der Waals surface area contributed by atoms with E-state index in [4.69, 9.17) is 4.74 Å². The van der Waals surface area contributed by atoms with Crippen molar-refractivity contribution in [1.82, 2.24) is 14.7 Å². The quantitative estimate of drug-likeness (QED) is 0.402. The number of hydrogen-bond acceptors (Lipinski definition) is 6. The molecule has 0 aliphatic carbocycles. The van der Waals surface area contributed by atoms with Crippen molar-refractivity contribution < 1.29 is 31.5 Å². The predicted molar refractivity (Wildman–Crippen MR) is 113 cm³/mol. The number of nitrogens with zero attached hydrogens (tertiary/aromatic N) is 3. The van der Waals surface area contributed by atoms with E-state index in [2.05, 4.69) is 9.97 Å². The van der Waals surface area contributed by atoms with Gasteiger partial charge in [-0.15, -0.1) is 0 Å². The maximum atomic E-state index is 13.2. The Hall–Kier alpha value is -3.60. The highest BCUT2D eigenvalue weighted by Gasteiger charge is 2.46. The van der Waals surface area contributed by atoms with Gasteiger partial charge in [0.1, 0.15) is 5.75 Å². The predicted octanol–water partition coefficient (Wildman–Crippen LogP) is 5.11. The molecule has 1 unspecified atom stereocenters. The van der Waals surface area contributed by atoms with Crippen molar-refractivity contribution in [2.75, 3.05) is 0 Å². The standard InChI is InChI=1S/C22H18F3N3O4S/c1-13-10-18(17-8-9-26-20(17)28(13)29)19-11-16(33(30,31)14(2)22(23,24)25)12-27-21(19)32-15-6-4-3-5-7-15/h3-12,14,29H,1-2H3. The van der Waals surface area contributed by atoms with Crippen molar-refractivity contribution >= 4 is 9.84 Å². The monoisotopic (exact) mass is 477 g/mol. The van der Waals surface area contributed by atoms with Gasteiger partial charge < -0.3 is 9.94 Å². The molecule has 0 spiro atoms. The number of sulfone groups is 1. The highest BCUT2D eigenvalue weighted by Crippen LogP contribution is 2.41. The van der Waals surface area contributed by atoms with Crippen LogP contribution in [0.1, 0.15) is 12.6 Å². The van der Waals surface area contributed by atoms with Crippen molar-refractivity contribution in [2.24, 2.45) is 0 Å². The Morgan fingerprint density at radius 3 is 2.39 bits per heavy atom. The van der Waals surface area contributed by atoms with Gasteiger partial charge in [0.05, 0.1) is 10.6 Å². The van der Waals surface area contributed by atoms with Crippen LogP contribution in [0.3, 0.4) is 0 Å². The van der Waals surface area contributed by atoms with Crippen LogP contribution in [0, 0.1) is 6.92 Å². The summed E-state index contributed by atoms with van der Waals surface area (Å²) >= 11 is 0. The van der Waals surface area contributed by atoms with E-state index in [9.17, 15) is 26.8 Å². The summed E-state index contributed by atoms with van der Waals surface area (Å²) in [4.78, 5) is 7.56. The molecular formula is C22H18F3N3O4S. The maximum absolute atomic E-state index is 13.2. The third-order valence-electron chi connectivity index (χ3n) is 5.19. The van der Waals surface area contributed by atoms with Gasteiger partial charge in [0.2, 0.25) is 5.88 Å². The van der Waals surface area contributed by atoms with Crippen molar-refractivity contribution in [3.63, 3.8) is 0 Å². The molecule has 1 N–H and O–H groups in total. The molecule has 4 rings (SSSR count). The first-order valence-electron chi connectivity index (χ1n) is 9.70. The minimum Gasteiger partial charge on any atom is -0.438 e. The fourth-order valence-corrected chi connectivity index (χ4v) is 4.53. The van der Waals surface area contributed by atoms with Gasteiger partial charge in [-0.05, 0) is 44.2 Å². The Labute approximate surface area is 187 Å². The van der Waals surface area contributed by atoms with E-state index in [1.54, 1.807) is 49.4 Å². The van der Waals surface area contributed by atoms with E-state index >= 15 is 0 Å². The number of aryl methyl sites for hydroxylation is 1. The van der Waals surface area contributed by atoms with Gasteiger partial charge in [0.25, 0.3) is 0 Å². The summed E-state index contributed by atoms with van der Waals surface area (Å²) in [6.45, 7) is 2.18.